The Balaban J connectivity index is 2.32. The predicted octanol–water partition coefficient (Wildman–Crippen LogP) is 4.22. The second kappa shape index (κ2) is 6.70. The first kappa shape index (κ1) is 15.5. The summed E-state index contributed by atoms with van der Waals surface area (Å²) in [5, 5.41) is 13.2. The van der Waals surface area contributed by atoms with Crippen molar-refractivity contribution < 1.29 is 14.6 Å². The fraction of sp³-hybridized carbons (Fsp3) is 0.133. The number of hydrogen-bond donors (Lipinski definition) is 2. The van der Waals surface area contributed by atoms with Gasteiger partial charge in [0.25, 0.3) is 0 Å². The Morgan fingerprint density at radius 3 is 2.33 bits per heavy atom. The molecule has 0 aliphatic heterocycles. The molecule has 0 spiro atoms. The van der Waals surface area contributed by atoms with Gasteiger partial charge in [-0.25, -0.2) is 4.79 Å². The van der Waals surface area contributed by atoms with E-state index in [9.17, 15) is 9.90 Å². The lowest BCUT2D eigenvalue weighted by atomic mass is 10.0. The zero-order valence-corrected chi connectivity index (χ0v) is 12.7. The van der Waals surface area contributed by atoms with E-state index in [-0.39, 0.29) is 12.4 Å². The monoisotopic (exact) mass is 325 g/mol. The molecule has 110 valence electrons. The van der Waals surface area contributed by atoms with E-state index in [0.29, 0.717) is 15.6 Å². The summed E-state index contributed by atoms with van der Waals surface area (Å²) in [5.74, 6) is 0.0686. The minimum absolute atomic E-state index is 0.0510. The molecular formula is C15H13Cl2NO3. The summed E-state index contributed by atoms with van der Waals surface area (Å²) in [6, 6.07) is 10.0. The Bertz CT molecular complexity index is 654. The van der Waals surface area contributed by atoms with Crippen molar-refractivity contribution in [1.82, 2.24) is 5.32 Å². The van der Waals surface area contributed by atoms with Crippen molar-refractivity contribution in [3.05, 3.63) is 52.0 Å². The van der Waals surface area contributed by atoms with Crippen LogP contribution < -0.4 is 5.32 Å². The molecule has 4 nitrogen and oxygen atoms in total. The van der Waals surface area contributed by atoms with Crippen LogP contribution in [0.3, 0.4) is 0 Å². The molecule has 2 aromatic carbocycles. The molecule has 21 heavy (non-hydrogen) atoms. The second-order valence-corrected chi connectivity index (χ2v) is 5.25. The Labute approximate surface area is 132 Å². The number of carbonyl (C=O) groups excluding carboxylic acids is 1. The number of halogens is 2. The van der Waals surface area contributed by atoms with Gasteiger partial charge in [0.05, 0.1) is 0 Å². The molecule has 0 saturated heterocycles. The topological polar surface area (TPSA) is 58.6 Å². The molecule has 2 N–H and O–H groups in total. The quantitative estimate of drug-likeness (QED) is 0.888. The highest BCUT2D eigenvalue weighted by molar-refractivity contribution is 6.35. The SMILES string of the molecule is CNC(=O)OCc1cc(O)cc(-c2cc(Cl)cc(Cl)c2)c1. The summed E-state index contributed by atoms with van der Waals surface area (Å²) < 4.78 is 4.96. The molecule has 0 bridgehead atoms. The standard InChI is InChI=1S/C15H13Cl2NO3/c1-18-15(20)21-8-9-2-10(6-14(19)3-9)11-4-12(16)7-13(17)5-11/h2-7,19H,8H2,1H3,(H,18,20). The molecule has 0 aliphatic carbocycles. The van der Waals surface area contributed by atoms with E-state index < -0.39 is 6.09 Å². The van der Waals surface area contributed by atoms with Gasteiger partial charge < -0.3 is 15.2 Å². The van der Waals surface area contributed by atoms with E-state index in [1.807, 2.05) is 0 Å². The van der Waals surface area contributed by atoms with Crippen LogP contribution in [0.2, 0.25) is 10.0 Å². The van der Waals surface area contributed by atoms with Gasteiger partial charge in [-0.2, -0.15) is 0 Å². The molecule has 6 heteroatoms. The summed E-state index contributed by atoms with van der Waals surface area (Å²) in [5.41, 5.74) is 2.16. The lowest BCUT2D eigenvalue weighted by Gasteiger charge is -2.09. The molecule has 0 aromatic heterocycles. The molecule has 0 saturated carbocycles. The Kier molecular flexibility index (Phi) is 4.94. The van der Waals surface area contributed by atoms with Crippen LogP contribution in [-0.2, 0) is 11.3 Å². The van der Waals surface area contributed by atoms with Crippen molar-refractivity contribution in [1.29, 1.82) is 0 Å². The molecule has 0 aliphatic rings. The van der Waals surface area contributed by atoms with Crippen LogP contribution in [-0.4, -0.2) is 18.2 Å². The number of rotatable bonds is 3. The third-order valence-electron chi connectivity index (χ3n) is 2.75. The minimum atomic E-state index is -0.536. The predicted molar refractivity (Wildman–Crippen MR) is 82.8 cm³/mol. The number of alkyl carbamates (subject to hydrolysis) is 1. The average Bonchev–Trinajstić information content (AvgIpc) is 2.43. The summed E-state index contributed by atoms with van der Waals surface area (Å²) in [7, 11) is 1.48. The number of phenolic OH excluding ortho intramolecular Hbond substituents is 1. The van der Waals surface area contributed by atoms with Crippen molar-refractivity contribution >= 4 is 29.3 Å². The number of phenols is 1. The van der Waals surface area contributed by atoms with Gasteiger partial charge in [0.2, 0.25) is 0 Å². The van der Waals surface area contributed by atoms with Gasteiger partial charge in [0, 0.05) is 17.1 Å². The number of hydrogen-bond acceptors (Lipinski definition) is 3. The third-order valence-corrected chi connectivity index (χ3v) is 3.18. The van der Waals surface area contributed by atoms with E-state index in [1.165, 1.54) is 13.1 Å². The normalized spacial score (nSPS) is 10.2. The number of benzene rings is 2. The van der Waals surface area contributed by atoms with Crippen molar-refractivity contribution in [2.75, 3.05) is 7.05 Å². The molecule has 2 aromatic rings. The number of aromatic hydroxyl groups is 1. The van der Waals surface area contributed by atoms with Crippen molar-refractivity contribution in [3.8, 4) is 16.9 Å². The van der Waals surface area contributed by atoms with Gasteiger partial charge >= 0.3 is 6.09 Å². The fourth-order valence-electron chi connectivity index (χ4n) is 1.87. The maximum Gasteiger partial charge on any atom is 0.407 e. The molecule has 0 unspecified atom stereocenters. The summed E-state index contributed by atoms with van der Waals surface area (Å²) in [4.78, 5) is 11.1. The molecule has 2 rings (SSSR count). The minimum Gasteiger partial charge on any atom is -0.508 e. The van der Waals surface area contributed by atoms with Crippen molar-refractivity contribution in [3.63, 3.8) is 0 Å². The Morgan fingerprint density at radius 2 is 1.71 bits per heavy atom. The molecular weight excluding hydrogens is 313 g/mol. The van der Waals surface area contributed by atoms with Gasteiger partial charge in [0.1, 0.15) is 12.4 Å². The first-order valence-electron chi connectivity index (χ1n) is 6.12. The van der Waals surface area contributed by atoms with E-state index in [2.05, 4.69) is 5.32 Å². The zero-order valence-electron chi connectivity index (χ0n) is 11.2. The molecule has 0 radical (unpaired) electrons. The van der Waals surface area contributed by atoms with Crippen LogP contribution >= 0.6 is 23.2 Å². The molecule has 0 heterocycles. The maximum atomic E-state index is 11.1. The first-order valence-corrected chi connectivity index (χ1v) is 6.87. The smallest absolute Gasteiger partial charge is 0.407 e. The highest BCUT2D eigenvalue weighted by atomic mass is 35.5. The van der Waals surface area contributed by atoms with Crippen LogP contribution in [0, 0.1) is 0 Å². The van der Waals surface area contributed by atoms with Crippen LogP contribution in [0.1, 0.15) is 5.56 Å². The van der Waals surface area contributed by atoms with E-state index >= 15 is 0 Å². The Hall–Kier alpha value is -1.91. The number of carbonyl (C=O) groups is 1. The van der Waals surface area contributed by atoms with Crippen LogP contribution in [0.25, 0.3) is 11.1 Å². The lowest BCUT2D eigenvalue weighted by Crippen LogP contribution is -2.18. The Morgan fingerprint density at radius 1 is 1.10 bits per heavy atom. The highest BCUT2D eigenvalue weighted by Crippen LogP contribution is 2.30. The first-order chi connectivity index (χ1) is 9.97. The fourth-order valence-corrected chi connectivity index (χ4v) is 2.39. The third kappa shape index (κ3) is 4.28. The van der Waals surface area contributed by atoms with E-state index in [1.54, 1.807) is 30.3 Å². The van der Waals surface area contributed by atoms with Crippen molar-refractivity contribution in [2.24, 2.45) is 0 Å². The average molecular weight is 326 g/mol. The number of ether oxygens (including phenoxy) is 1. The summed E-state index contributed by atoms with van der Waals surface area (Å²) >= 11 is 12.0. The van der Waals surface area contributed by atoms with Gasteiger partial charge in [-0.05, 0) is 53.1 Å². The summed E-state index contributed by atoms with van der Waals surface area (Å²) in [6.07, 6.45) is -0.536. The zero-order chi connectivity index (χ0) is 15.4. The van der Waals surface area contributed by atoms with Crippen LogP contribution in [0.5, 0.6) is 5.75 Å². The molecule has 0 fully saturated rings. The van der Waals surface area contributed by atoms with Crippen molar-refractivity contribution in [2.45, 2.75) is 6.61 Å². The number of nitrogens with one attached hydrogen (secondary N) is 1. The van der Waals surface area contributed by atoms with Crippen LogP contribution in [0.15, 0.2) is 36.4 Å². The van der Waals surface area contributed by atoms with Crippen LogP contribution in [0.4, 0.5) is 4.79 Å². The van der Waals surface area contributed by atoms with Gasteiger partial charge in [-0.3, -0.25) is 0 Å². The van der Waals surface area contributed by atoms with Gasteiger partial charge in [-0.15, -0.1) is 0 Å². The maximum absolute atomic E-state index is 11.1. The van der Waals surface area contributed by atoms with Gasteiger partial charge in [-0.1, -0.05) is 23.2 Å². The largest absolute Gasteiger partial charge is 0.508 e. The van der Waals surface area contributed by atoms with E-state index in [4.69, 9.17) is 27.9 Å². The summed E-state index contributed by atoms with van der Waals surface area (Å²) in [6.45, 7) is 0.0510. The highest BCUT2D eigenvalue weighted by Gasteiger charge is 2.07. The van der Waals surface area contributed by atoms with Gasteiger partial charge in [0.15, 0.2) is 0 Å². The lowest BCUT2D eigenvalue weighted by molar-refractivity contribution is 0.142. The van der Waals surface area contributed by atoms with E-state index in [0.717, 1.165) is 11.1 Å². The molecule has 0 atom stereocenters. The molecule has 1 amide bonds. The number of amides is 1. The second-order valence-electron chi connectivity index (χ2n) is 4.37.